The largest absolute Gasteiger partial charge is 0.488 e. The maximum absolute atomic E-state index is 12.3. The van der Waals surface area contributed by atoms with Crippen molar-refractivity contribution in [3.63, 3.8) is 0 Å². The Morgan fingerprint density at radius 2 is 2.27 bits per heavy atom. The molecule has 1 atom stereocenters. The van der Waals surface area contributed by atoms with Crippen LogP contribution >= 0.6 is 23.1 Å². The highest BCUT2D eigenvalue weighted by atomic mass is 32.2. The highest BCUT2D eigenvalue weighted by molar-refractivity contribution is 8.01. The fourth-order valence-electron chi connectivity index (χ4n) is 3.06. The van der Waals surface area contributed by atoms with Crippen molar-refractivity contribution in [1.29, 1.82) is 0 Å². The van der Waals surface area contributed by atoms with Crippen LogP contribution in [0.4, 0.5) is 0 Å². The zero-order chi connectivity index (χ0) is 15.0. The third-order valence-electron chi connectivity index (χ3n) is 4.09. The SMILES string of the molecule is O=C(c1cccs1)N1CC2(C[C@H](Oc3cccnc3)CS2)C1. The zero-order valence-electron chi connectivity index (χ0n) is 12.0. The Hall–Kier alpha value is -1.53. The smallest absolute Gasteiger partial charge is 0.264 e. The molecule has 1 spiro atoms. The molecule has 2 fully saturated rings. The van der Waals surface area contributed by atoms with E-state index >= 15 is 0 Å². The number of likely N-dealkylation sites (tertiary alicyclic amines) is 1. The summed E-state index contributed by atoms with van der Waals surface area (Å²) < 4.78 is 6.18. The van der Waals surface area contributed by atoms with Crippen molar-refractivity contribution in [3.05, 3.63) is 46.9 Å². The first kappa shape index (κ1) is 14.1. The molecular weight excluding hydrogens is 316 g/mol. The molecule has 0 saturated carbocycles. The average Bonchev–Trinajstić information content (AvgIpc) is 3.16. The zero-order valence-corrected chi connectivity index (χ0v) is 13.6. The molecule has 6 heteroatoms. The maximum atomic E-state index is 12.3. The van der Waals surface area contributed by atoms with Crippen molar-refractivity contribution in [1.82, 2.24) is 9.88 Å². The van der Waals surface area contributed by atoms with E-state index in [4.69, 9.17) is 4.74 Å². The van der Waals surface area contributed by atoms with Crippen LogP contribution in [-0.4, -0.2) is 45.5 Å². The lowest BCUT2D eigenvalue weighted by atomic mass is 9.92. The van der Waals surface area contributed by atoms with Crippen LogP contribution in [0.3, 0.4) is 0 Å². The molecule has 2 aromatic rings. The van der Waals surface area contributed by atoms with Gasteiger partial charge in [0.25, 0.3) is 5.91 Å². The Bertz CT molecular complexity index is 654. The molecule has 0 radical (unpaired) electrons. The monoisotopic (exact) mass is 332 g/mol. The van der Waals surface area contributed by atoms with Crippen molar-refractivity contribution < 1.29 is 9.53 Å². The minimum atomic E-state index is 0.165. The molecular formula is C16H16N2O2S2. The Kier molecular flexibility index (Phi) is 3.58. The number of thioether (sulfide) groups is 1. The van der Waals surface area contributed by atoms with E-state index in [0.29, 0.717) is 0 Å². The van der Waals surface area contributed by atoms with Gasteiger partial charge in [0.05, 0.1) is 15.8 Å². The van der Waals surface area contributed by atoms with Gasteiger partial charge in [0.2, 0.25) is 0 Å². The molecule has 4 nitrogen and oxygen atoms in total. The second kappa shape index (κ2) is 5.59. The van der Waals surface area contributed by atoms with Gasteiger partial charge in [0.1, 0.15) is 11.9 Å². The van der Waals surface area contributed by atoms with Gasteiger partial charge in [0, 0.05) is 31.5 Å². The fraction of sp³-hybridized carbons (Fsp3) is 0.375. The van der Waals surface area contributed by atoms with E-state index in [1.54, 1.807) is 12.4 Å². The van der Waals surface area contributed by atoms with E-state index in [9.17, 15) is 4.79 Å². The third-order valence-corrected chi connectivity index (χ3v) is 6.52. The Balaban J connectivity index is 1.33. The molecule has 0 aliphatic carbocycles. The number of aromatic nitrogens is 1. The van der Waals surface area contributed by atoms with Crippen LogP contribution in [0.5, 0.6) is 5.75 Å². The van der Waals surface area contributed by atoms with Gasteiger partial charge < -0.3 is 9.64 Å². The molecule has 0 bridgehead atoms. The van der Waals surface area contributed by atoms with Crippen LogP contribution in [0.25, 0.3) is 0 Å². The van der Waals surface area contributed by atoms with Gasteiger partial charge in [-0.05, 0) is 23.6 Å². The van der Waals surface area contributed by atoms with E-state index in [-0.39, 0.29) is 16.8 Å². The summed E-state index contributed by atoms with van der Waals surface area (Å²) in [6, 6.07) is 7.65. The van der Waals surface area contributed by atoms with Crippen LogP contribution in [0, 0.1) is 0 Å². The van der Waals surface area contributed by atoms with E-state index in [2.05, 4.69) is 4.98 Å². The molecule has 1 amide bonds. The highest BCUT2D eigenvalue weighted by Gasteiger charge is 2.51. The molecule has 4 heterocycles. The van der Waals surface area contributed by atoms with Gasteiger partial charge in [-0.1, -0.05) is 6.07 Å². The number of rotatable bonds is 3. The minimum Gasteiger partial charge on any atom is -0.488 e. The van der Waals surface area contributed by atoms with Gasteiger partial charge in [-0.3, -0.25) is 9.78 Å². The van der Waals surface area contributed by atoms with Crippen LogP contribution in [-0.2, 0) is 0 Å². The summed E-state index contributed by atoms with van der Waals surface area (Å²) in [6.07, 6.45) is 4.72. The number of hydrogen-bond donors (Lipinski definition) is 0. The van der Waals surface area contributed by atoms with Crippen LogP contribution < -0.4 is 4.74 Å². The van der Waals surface area contributed by atoms with E-state index < -0.39 is 0 Å². The van der Waals surface area contributed by atoms with Gasteiger partial charge in [-0.2, -0.15) is 0 Å². The molecule has 2 aromatic heterocycles. The van der Waals surface area contributed by atoms with E-state index in [0.717, 1.165) is 35.9 Å². The lowest BCUT2D eigenvalue weighted by Crippen LogP contribution is -2.60. The number of thiophene rings is 1. The van der Waals surface area contributed by atoms with Gasteiger partial charge in [-0.25, -0.2) is 0 Å². The van der Waals surface area contributed by atoms with E-state index in [1.807, 2.05) is 46.3 Å². The average molecular weight is 332 g/mol. The van der Waals surface area contributed by atoms with Gasteiger partial charge >= 0.3 is 0 Å². The molecule has 0 unspecified atom stereocenters. The van der Waals surface area contributed by atoms with Gasteiger partial charge in [-0.15, -0.1) is 23.1 Å². The van der Waals surface area contributed by atoms with Crippen LogP contribution in [0.15, 0.2) is 42.0 Å². The van der Waals surface area contributed by atoms with Crippen molar-refractivity contribution in [2.75, 3.05) is 18.8 Å². The van der Waals surface area contributed by atoms with Crippen molar-refractivity contribution in [3.8, 4) is 5.75 Å². The fourth-order valence-corrected chi connectivity index (χ4v) is 5.27. The normalized spacial score (nSPS) is 22.5. The van der Waals surface area contributed by atoms with E-state index in [1.165, 1.54) is 11.3 Å². The molecule has 114 valence electrons. The maximum Gasteiger partial charge on any atom is 0.264 e. The summed E-state index contributed by atoms with van der Waals surface area (Å²) in [5, 5.41) is 1.95. The van der Waals surface area contributed by atoms with Crippen molar-refractivity contribution in [2.45, 2.75) is 17.3 Å². The summed E-state index contributed by atoms with van der Waals surface area (Å²) >= 11 is 3.45. The Morgan fingerprint density at radius 3 is 3.00 bits per heavy atom. The predicted octanol–water partition coefficient (Wildman–Crippen LogP) is 2.92. The molecule has 2 aliphatic rings. The second-order valence-electron chi connectivity index (χ2n) is 5.77. The summed E-state index contributed by atoms with van der Waals surface area (Å²) in [4.78, 5) is 19.1. The number of pyridine rings is 1. The van der Waals surface area contributed by atoms with Crippen molar-refractivity contribution >= 4 is 29.0 Å². The molecule has 0 aromatic carbocycles. The topological polar surface area (TPSA) is 42.4 Å². The number of nitrogens with zero attached hydrogens (tertiary/aromatic N) is 2. The summed E-state index contributed by atoms with van der Waals surface area (Å²) in [5.74, 6) is 1.98. The van der Waals surface area contributed by atoms with Gasteiger partial charge in [0.15, 0.2) is 0 Å². The number of carbonyl (C=O) groups excluding carboxylic acids is 1. The molecule has 4 rings (SSSR count). The van der Waals surface area contributed by atoms with Crippen LogP contribution in [0.2, 0.25) is 0 Å². The quantitative estimate of drug-likeness (QED) is 0.867. The molecule has 0 N–H and O–H groups in total. The number of ether oxygens (including phenoxy) is 1. The minimum absolute atomic E-state index is 0.165. The van der Waals surface area contributed by atoms with Crippen molar-refractivity contribution in [2.24, 2.45) is 0 Å². The highest BCUT2D eigenvalue weighted by Crippen LogP contribution is 2.46. The first-order chi connectivity index (χ1) is 10.7. The molecule has 2 saturated heterocycles. The molecule has 22 heavy (non-hydrogen) atoms. The molecule has 2 aliphatic heterocycles. The Labute approximate surface area is 137 Å². The lowest BCUT2D eigenvalue weighted by Gasteiger charge is -2.47. The number of amides is 1. The first-order valence-electron chi connectivity index (χ1n) is 7.28. The summed E-state index contributed by atoms with van der Waals surface area (Å²) in [6.45, 7) is 1.67. The number of hydrogen-bond acceptors (Lipinski definition) is 5. The standard InChI is InChI=1S/C16H16N2O2S2/c19-15(14-4-2-6-21-14)18-10-16(11-18)7-13(9-22-16)20-12-3-1-5-17-8-12/h1-6,8,13H,7,9-11H2/t13-/m0/s1. The van der Waals surface area contributed by atoms with Crippen LogP contribution in [0.1, 0.15) is 16.1 Å². The Morgan fingerprint density at radius 1 is 1.36 bits per heavy atom. The predicted molar refractivity (Wildman–Crippen MR) is 88.7 cm³/mol. The second-order valence-corrected chi connectivity index (χ2v) is 8.20. The third kappa shape index (κ3) is 2.61. The lowest BCUT2D eigenvalue weighted by molar-refractivity contribution is 0.0523. The number of carbonyl (C=O) groups is 1. The summed E-state index contributed by atoms with van der Waals surface area (Å²) in [7, 11) is 0. The summed E-state index contributed by atoms with van der Waals surface area (Å²) in [5.41, 5.74) is 0. The first-order valence-corrected chi connectivity index (χ1v) is 9.14.